The van der Waals surface area contributed by atoms with E-state index in [9.17, 15) is 4.79 Å². The van der Waals surface area contributed by atoms with Crippen molar-refractivity contribution in [3.05, 3.63) is 65.5 Å². The molecule has 1 fully saturated rings. The van der Waals surface area contributed by atoms with E-state index in [1.165, 1.54) is 30.4 Å². The molecule has 4 rings (SSSR count). The molecule has 4 nitrogen and oxygen atoms in total. The predicted octanol–water partition coefficient (Wildman–Crippen LogP) is 3.31. The number of carbonyl (C=O) groups is 1. The minimum Gasteiger partial charge on any atom is -0.336 e. The summed E-state index contributed by atoms with van der Waals surface area (Å²) in [5.74, 6) is 0.0616. The third-order valence-corrected chi connectivity index (χ3v) is 5.48. The monoisotopic (exact) mass is 335 g/mol. The molecule has 1 aromatic heterocycles. The van der Waals surface area contributed by atoms with Crippen LogP contribution in [-0.2, 0) is 6.42 Å². The van der Waals surface area contributed by atoms with Gasteiger partial charge in [0.25, 0.3) is 5.91 Å². The predicted molar refractivity (Wildman–Crippen MR) is 98.5 cm³/mol. The fourth-order valence-corrected chi connectivity index (χ4v) is 4.21. The molecule has 0 bridgehead atoms. The molecule has 1 aromatic carbocycles. The molecule has 1 saturated heterocycles. The van der Waals surface area contributed by atoms with Gasteiger partial charge in [0.1, 0.15) is 5.69 Å². The molecule has 1 aliphatic heterocycles. The second kappa shape index (κ2) is 7.36. The first-order chi connectivity index (χ1) is 12.3. The number of benzene rings is 1. The Morgan fingerprint density at radius 3 is 2.72 bits per heavy atom. The van der Waals surface area contributed by atoms with E-state index in [1.807, 2.05) is 23.1 Å². The van der Waals surface area contributed by atoms with Gasteiger partial charge in [-0.15, -0.1) is 0 Å². The minimum absolute atomic E-state index is 0.0616. The molecule has 1 aliphatic carbocycles. The zero-order valence-electron chi connectivity index (χ0n) is 14.6. The van der Waals surface area contributed by atoms with Gasteiger partial charge in [0.2, 0.25) is 0 Å². The maximum absolute atomic E-state index is 12.7. The number of aryl methyl sites for hydroxylation is 1. The lowest BCUT2D eigenvalue weighted by Gasteiger charge is -2.35. The average molecular weight is 335 g/mol. The van der Waals surface area contributed by atoms with Crippen LogP contribution in [0.2, 0.25) is 0 Å². The highest BCUT2D eigenvalue weighted by atomic mass is 16.2. The lowest BCUT2D eigenvalue weighted by atomic mass is 9.87. The van der Waals surface area contributed by atoms with Crippen molar-refractivity contribution in [2.75, 3.05) is 26.2 Å². The summed E-state index contributed by atoms with van der Waals surface area (Å²) < 4.78 is 0. The SMILES string of the molecule is O=C(c1ccccn1)N1CCCN(C2CCCc3ccccc32)CC1. The van der Waals surface area contributed by atoms with E-state index in [1.54, 1.807) is 6.20 Å². The highest BCUT2D eigenvalue weighted by Crippen LogP contribution is 2.34. The van der Waals surface area contributed by atoms with E-state index >= 15 is 0 Å². The number of rotatable bonds is 2. The molecule has 0 radical (unpaired) electrons. The van der Waals surface area contributed by atoms with Gasteiger partial charge in [-0.05, 0) is 48.9 Å². The number of amides is 1. The summed E-state index contributed by atoms with van der Waals surface area (Å²) in [6.45, 7) is 3.61. The van der Waals surface area contributed by atoms with Crippen LogP contribution in [0, 0.1) is 0 Å². The number of hydrogen-bond donors (Lipinski definition) is 0. The molecule has 2 aromatic rings. The van der Waals surface area contributed by atoms with Gasteiger partial charge in [0, 0.05) is 38.4 Å². The lowest BCUT2D eigenvalue weighted by Crippen LogP contribution is -2.37. The fourth-order valence-electron chi connectivity index (χ4n) is 4.21. The summed E-state index contributed by atoms with van der Waals surface area (Å²) in [4.78, 5) is 21.5. The number of hydrogen-bond acceptors (Lipinski definition) is 3. The van der Waals surface area contributed by atoms with Crippen molar-refractivity contribution in [2.24, 2.45) is 0 Å². The van der Waals surface area contributed by atoms with Gasteiger partial charge in [0.15, 0.2) is 0 Å². The van der Waals surface area contributed by atoms with Gasteiger partial charge in [-0.2, -0.15) is 0 Å². The molecule has 0 saturated carbocycles. The van der Waals surface area contributed by atoms with Crippen molar-refractivity contribution in [2.45, 2.75) is 31.7 Å². The third kappa shape index (κ3) is 3.45. The van der Waals surface area contributed by atoms with Crippen LogP contribution in [0.4, 0.5) is 0 Å². The summed E-state index contributed by atoms with van der Waals surface area (Å²) in [7, 11) is 0. The maximum Gasteiger partial charge on any atom is 0.272 e. The van der Waals surface area contributed by atoms with Gasteiger partial charge < -0.3 is 4.90 Å². The van der Waals surface area contributed by atoms with Crippen LogP contribution < -0.4 is 0 Å². The van der Waals surface area contributed by atoms with Crippen LogP contribution in [0.15, 0.2) is 48.7 Å². The second-order valence-electron chi connectivity index (χ2n) is 7.00. The van der Waals surface area contributed by atoms with Gasteiger partial charge in [0.05, 0.1) is 0 Å². The van der Waals surface area contributed by atoms with Crippen molar-refractivity contribution in [3.8, 4) is 0 Å². The highest BCUT2D eigenvalue weighted by molar-refractivity contribution is 5.92. The van der Waals surface area contributed by atoms with E-state index < -0.39 is 0 Å². The quantitative estimate of drug-likeness (QED) is 0.845. The molecule has 4 heteroatoms. The summed E-state index contributed by atoms with van der Waals surface area (Å²) in [6, 6.07) is 14.9. The van der Waals surface area contributed by atoms with Crippen molar-refractivity contribution < 1.29 is 4.79 Å². The Hall–Kier alpha value is -2.20. The van der Waals surface area contributed by atoms with E-state index in [-0.39, 0.29) is 5.91 Å². The summed E-state index contributed by atoms with van der Waals surface area (Å²) in [5, 5.41) is 0. The fraction of sp³-hybridized carbons (Fsp3) is 0.429. The third-order valence-electron chi connectivity index (χ3n) is 5.48. The Balaban J connectivity index is 1.46. The first-order valence-electron chi connectivity index (χ1n) is 9.35. The molecular formula is C21H25N3O. The lowest BCUT2D eigenvalue weighted by molar-refractivity contribution is 0.0751. The number of aromatic nitrogens is 1. The average Bonchev–Trinajstić information content (AvgIpc) is 2.94. The highest BCUT2D eigenvalue weighted by Gasteiger charge is 2.28. The van der Waals surface area contributed by atoms with Gasteiger partial charge >= 0.3 is 0 Å². The van der Waals surface area contributed by atoms with Crippen molar-refractivity contribution in [1.82, 2.24) is 14.8 Å². The largest absolute Gasteiger partial charge is 0.336 e. The Morgan fingerprint density at radius 2 is 1.84 bits per heavy atom. The molecule has 0 spiro atoms. The number of carbonyl (C=O) groups excluding carboxylic acids is 1. The van der Waals surface area contributed by atoms with E-state index in [2.05, 4.69) is 34.1 Å². The Morgan fingerprint density at radius 1 is 0.960 bits per heavy atom. The Kier molecular flexibility index (Phi) is 4.79. The molecule has 1 atom stereocenters. The molecular weight excluding hydrogens is 310 g/mol. The van der Waals surface area contributed by atoms with Crippen molar-refractivity contribution in [1.29, 1.82) is 0 Å². The normalized spacial score (nSPS) is 21.4. The number of pyridine rings is 1. The molecule has 2 aliphatic rings. The first-order valence-corrected chi connectivity index (χ1v) is 9.35. The Bertz CT molecular complexity index is 731. The zero-order valence-corrected chi connectivity index (χ0v) is 14.6. The van der Waals surface area contributed by atoms with Crippen molar-refractivity contribution >= 4 is 5.91 Å². The summed E-state index contributed by atoms with van der Waals surface area (Å²) in [6.07, 6.45) is 6.40. The molecule has 2 heterocycles. The van der Waals surface area contributed by atoms with Crippen LogP contribution in [0.25, 0.3) is 0 Å². The molecule has 1 amide bonds. The number of nitrogens with zero attached hydrogens (tertiary/aromatic N) is 3. The van der Waals surface area contributed by atoms with Crippen molar-refractivity contribution in [3.63, 3.8) is 0 Å². The van der Waals surface area contributed by atoms with Gasteiger partial charge in [-0.25, -0.2) is 0 Å². The smallest absolute Gasteiger partial charge is 0.272 e. The minimum atomic E-state index is 0.0616. The molecule has 130 valence electrons. The maximum atomic E-state index is 12.7. The van der Waals surface area contributed by atoms with E-state index in [0.29, 0.717) is 11.7 Å². The molecule has 25 heavy (non-hydrogen) atoms. The number of fused-ring (bicyclic) bond motifs is 1. The van der Waals surface area contributed by atoms with E-state index in [4.69, 9.17) is 0 Å². The summed E-state index contributed by atoms with van der Waals surface area (Å²) >= 11 is 0. The molecule has 1 unspecified atom stereocenters. The van der Waals surface area contributed by atoms with Gasteiger partial charge in [-0.1, -0.05) is 30.3 Å². The van der Waals surface area contributed by atoms with Crippen LogP contribution in [0.5, 0.6) is 0 Å². The first kappa shape index (κ1) is 16.3. The summed E-state index contributed by atoms with van der Waals surface area (Å²) in [5.41, 5.74) is 3.56. The van der Waals surface area contributed by atoms with Crippen LogP contribution >= 0.6 is 0 Å². The zero-order chi connectivity index (χ0) is 17.1. The van der Waals surface area contributed by atoms with Crippen LogP contribution in [-0.4, -0.2) is 46.9 Å². The van der Waals surface area contributed by atoms with Crippen LogP contribution in [0.3, 0.4) is 0 Å². The Labute approximate surface area is 149 Å². The van der Waals surface area contributed by atoms with Gasteiger partial charge in [-0.3, -0.25) is 14.7 Å². The second-order valence-corrected chi connectivity index (χ2v) is 7.00. The standard InChI is InChI=1S/C21H25N3O/c25-21(19-10-3-4-12-22-19)24-14-6-13-23(15-16-24)20-11-5-8-17-7-1-2-9-18(17)20/h1-4,7,9-10,12,20H,5-6,8,11,13-16H2. The topological polar surface area (TPSA) is 36.4 Å². The van der Waals surface area contributed by atoms with Crippen LogP contribution in [0.1, 0.15) is 46.9 Å². The van der Waals surface area contributed by atoms with E-state index in [0.717, 1.165) is 32.6 Å². The molecule has 0 N–H and O–H groups in total.